The summed E-state index contributed by atoms with van der Waals surface area (Å²) >= 11 is 0. The third-order valence-electron chi connectivity index (χ3n) is 3.96. The Hall–Kier alpha value is -1.42. The Morgan fingerprint density at radius 3 is 1.21 bits per heavy atom. The fraction of sp³-hybridized carbons (Fsp3) is 0.800. The fourth-order valence-electron chi connectivity index (χ4n) is 2.80. The van der Waals surface area contributed by atoms with Crippen molar-refractivity contribution >= 4 is 0 Å². The molecule has 0 aliphatic heterocycles. The first-order chi connectivity index (χ1) is 10.2. The van der Waals surface area contributed by atoms with Gasteiger partial charge in [-0.3, -0.25) is 0 Å². The van der Waals surface area contributed by atoms with Crippen molar-refractivity contribution in [2.75, 3.05) is 0 Å². The van der Waals surface area contributed by atoms with Gasteiger partial charge < -0.3 is 0 Å². The summed E-state index contributed by atoms with van der Waals surface area (Å²) in [7, 11) is 0. The third kappa shape index (κ3) is 1.38. The number of hydrogen-bond acceptors (Lipinski definition) is 0. The van der Waals surface area contributed by atoms with Crippen molar-refractivity contribution in [3.05, 3.63) is 0 Å². The largest absolute Gasteiger partial charge is 0.440 e. The van der Waals surface area contributed by atoms with Crippen LogP contribution in [-0.4, -0.2) is 41.5 Å². The van der Waals surface area contributed by atoms with Gasteiger partial charge in [0.05, 0.1) is 0 Å². The van der Waals surface area contributed by atoms with Gasteiger partial charge in [0.25, 0.3) is 11.1 Å². The predicted octanol–water partition coefficient (Wildman–Crippen LogP) is 4.45. The summed E-state index contributed by atoms with van der Waals surface area (Å²) in [6.45, 7) is 0. The average molecular weight is 386 g/mol. The second kappa shape index (κ2) is 3.87. The maximum Gasteiger partial charge on any atom is 0.440 e. The molecule has 0 nitrogen and oxygen atoms in total. The Morgan fingerprint density at radius 2 is 0.917 bits per heavy atom. The van der Waals surface area contributed by atoms with Crippen molar-refractivity contribution in [1.82, 2.24) is 0 Å². The quantitative estimate of drug-likeness (QED) is 0.427. The summed E-state index contributed by atoms with van der Waals surface area (Å²) in [5.74, 6) is -7.65. The molecule has 0 spiro atoms. The number of rotatable bonds is 0. The van der Waals surface area contributed by atoms with Gasteiger partial charge in [-0.05, 0) is 5.92 Å². The highest BCUT2D eigenvalue weighted by atomic mass is 19.4. The van der Waals surface area contributed by atoms with Gasteiger partial charge in [0, 0.05) is 0 Å². The Kier molecular flexibility index (Phi) is 3.05. The lowest BCUT2D eigenvalue weighted by Crippen LogP contribution is -2.64. The Bertz CT molecular complexity index is 626. The third-order valence-corrected chi connectivity index (χ3v) is 3.96. The molecule has 0 amide bonds. The standard InChI is InChI=1S/C10F14/c11-3-1-2-4(12,8(16,17)18)7(14,15)6(3,13)5(3,9(19,20)21)10(22,23)24. The number of fused-ring (bicyclic) bond motifs is 1. The molecule has 0 aromatic carbocycles. The molecule has 138 valence electrons. The molecule has 24 heavy (non-hydrogen) atoms. The molecule has 0 saturated heterocycles. The minimum atomic E-state index is -7.19. The molecule has 2 aliphatic rings. The van der Waals surface area contributed by atoms with Crippen molar-refractivity contribution in [3.8, 4) is 11.8 Å². The Balaban J connectivity index is 2.90. The smallest absolute Gasteiger partial charge is 0.231 e. The van der Waals surface area contributed by atoms with Crippen LogP contribution in [0.4, 0.5) is 61.5 Å². The Morgan fingerprint density at radius 1 is 0.542 bits per heavy atom. The van der Waals surface area contributed by atoms with E-state index in [1.165, 1.54) is 0 Å². The molecular weight excluding hydrogens is 386 g/mol. The van der Waals surface area contributed by atoms with E-state index in [4.69, 9.17) is 0 Å². The summed E-state index contributed by atoms with van der Waals surface area (Å²) in [4.78, 5) is 0. The van der Waals surface area contributed by atoms with Crippen LogP contribution in [-0.2, 0) is 0 Å². The highest BCUT2D eigenvalue weighted by Crippen LogP contribution is 2.87. The summed E-state index contributed by atoms with van der Waals surface area (Å²) in [6, 6.07) is 0. The SMILES string of the molecule is FC(F)(F)C1(F)C#CC2(F)C(F)(C1(F)F)C2(C(F)(F)F)C(F)(F)F. The van der Waals surface area contributed by atoms with Crippen molar-refractivity contribution in [1.29, 1.82) is 0 Å². The van der Waals surface area contributed by atoms with Gasteiger partial charge in [-0.15, -0.1) is 0 Å². The van der Waals surface area contributed by atoms with Crippen LogP contribution in [0.15, 0.2) is 0 Å². The summed E-state index contributed by atoms with van der Waals surface area (Å²) in [6.07, 6.45) is -21.3. The normalized spacial score (nSPS) is 40.4. The molecule has 0 aromatic rings. The zero-order chi connectivity index (χ0) is 19.4. The Labute approximate surface area is 121 Å². The van der Waals surface area contributed by atoms with E-state index in [2.05, 4.69) is 0 Å². The molecule has 2 rings (SSSR count). The van der Waals surface area contributed by atoms with Crippen LogP contribution in [0.25, 0.3) is 0 Å². The van der Waals surface area contributed by atoms with Crippen LogP contribution in [0, 0.1) is 17.3 Å². The van der Waals surface area contributed by atoms with Crippen LogP contribution in [0.2, 0.25) is 0 Å². The zero-order valence-corrected chi connectivity index (χ0v) is 10.3. The predicted molar refractivity (Wildman–Crippen MR) is 44.8 cm³/mol. The van der Waals surface area contributed by atoms with Gasteiger partial charge in [-0.2, -0.15) is 48.3 Å². The lowest BCUT2D eigenvalue weighted by molar-refractivity contribution is -0.349. The van der Waals surface area contributed by atoms with Crippen LogP contribution in [0.5, 0.6) is 0 Å². The second-order valence-corrected chi connectivity index (χ2v) is 5.04. The topological polar surface area (TPSA) is 0 Å². The van der Waals surface area contributed by atoms with Crippen LogP contribution in [0.1, 0.15) is 0 Å². The van der Waals surface area contributed by atoms with E-state index in [0.29, 0.717) is 0 Å². The molecule has 2 aliphatic carbocycles. The maximum atomic E-state index is 14.0. The van der Waals surface area contributed by atoms with E-state index in [-0.39, 0.29) is 11.8 Å². The average Bonchev–Trinajstić information content (AvgIpc) is 2.78. The molecular formula is C10F14. The summed E-state index contributed by atoms with van der Waals surface area (Å²) in [5.41, 5.74) is -25.6. The van der Waals surface area contributed by atoms with Crippen molar-refractivity contribution in [2.24, 2.45) is 5.41 Å². The van der Waals surface area contributed by atoms with Crippen LogP contribution >= 0.6 is 0 Å². The van der Waals surface area contributed by atoms with Gasteiger partial charge in [-0.25, -0.2) is 13.2 Å². The van der Waals surface area contributed by atoms with Crippen LogP contribution < -0.4 is 0 Å². The molecule has 0 N–H and O–H groups in total. The first-order valence-corrected chi connectivity index (χ1v) is 5.40. The highest BCUT2D eigenvalue weighted by Gasteiger charge is 3.16. The van der Waals surface area contributed by atoms with E-state index >= 15 is 0 Å². The monoisotopic (exact) mass is 386 g/mol. The molecule has 0 aromatic heterocycles. The van der Waals surface area contributed by atoms with E-state index in [1.54, 1.807) is 0 Å². The van der Waals surface area contributed by atoms with E-state index in [9.17, 15) is 61.5 Å². The van der Waals surface area contributed by atoms with Gasteiger partial charge in [-0.1, -0.05) is 5.92 Å². The minimum absolute atomic E-state index is 0.177. The molecule has 3 atom stereocenters. The second-order valence-electron chi connectivity index (χ2n) is 5.04. The first-order valence-electron chi connectivity index (χ1n) is 5.40. The van der Waals surface area contributed by atoms with Crippen molar-refractivity contribution in [2.45, 2.75) is 41.5 Å². The van der Waals surface area contributed by atoms with Crippen molar-refractivity contribution < 1.29 is 61.5 Å². The summed E-state index contributed by atoms with van der Waals surface area (Å²) in [5, 5.41) is 0. The molecule has 14 heteroatoms. The fourth-order valence-corrected chi connectivity index (χ4v) is 2.80. The van der Waals surface area contributed by atoms with Gasteiger partial charge in [0.1, 0.15) is 0 Å². The first kappa shape index (κ1) is 18.9. The zero-order valence-electron chi connectivity index (χ0n) is 10.3. The van der Waals surface area contributed by atoms with Crippen molar-refractivity contribution in [3.63, 3.8) is 0 Å². The lowest BCUT2D eigenvalue weighted by Gasteiger charge is -2.36. The van der Waals surface area contributed by atoms with Gasteiger partial charge in [0.2, 0.25) is 5.67 Å². The number of hydrogen-bond donors (Lipinski definition) is 0. The van der Waals surface area contributed by atoms with Gasteiger partial charge in [0.15, 0.2) is 0 Å². The van der Waals surface area contributed by atoms with E-state index in [1.807, 2.05) is 0 Å². The molecule has 3 unspecified atom stereocenters. The van der Waals surface area contributed by atoms with Gasteiger partial charge >= 0.3 is 30.1 Å². The molecule has 1 fully saturated rings. The summed E-state index contributed by atoms with van der Waals surface area (Å²) < 4.78 is 182. The van der Waals surface area contributed by atoms with E-state index < -0.39 is 46.9 Å². The highest BCUT2D eigenvalue weighted by molar-refractivity contribution is 5.59. The molecule has 0 radical (unpaired) electrons. The van der Waals surface area contributed by atoms with E-state index in [0.717, 1.165) is 0 Å². The lowest BCUT2D eigenvalue weighted by atomic mass is 9.85. The number of halogens is 14. The molecule has 0 heterocycles. The van der Waals surface area contributed by atoms with Crippen LogP contribution in [0.3, 0.4) is 0 Å². The molecule has 0 bridgehead atoms. The maximum absolute atomic E-state index is 14.0. The minimum Gasteiger partial charge on any atom is -0.231 e. The molecule has 1 saturated carbocycles. The number of alkyl halides is 14.